The first-order valence-electron chi connectivity index (χ1n) is 6.59. The largest absolute Gasteiger partial charge is 1.00 e. The maximum Gasteiger partial charge on any atom is 1.00 e. The second-order valence-electron chi connectivity index (χ2n) is 4.62. The normalized spacial score (nSPS) is 10.2. The van der Waals surface area contributed by atoms with E-state index in [0.717, 1.165) is 15.9 Å². The van der Waals surface area contributed by atoms with Crippen molar-refractivity contribution in [2.24, 2.45) is 0 Å². The monoisotopic (exact) mass is 326 g/mol. The van der Waals surface area contributed by atoms with Crippen LogP contribution >= 0.6 is 7.14 Å². The van der Waals surface area contributed by atoms with E-state index in [0.29, 0.717) is 0 Å². The molecule has 3 aromatic carbocycles. The Kier molecular flexibility index (Phi) is 8.38. The van der Waals surface area contributed by atoms with Crippen LogP contribution in [0.3, 0.4) is 0 Å². The Labute approximate surface area is 179 Å². The third-order valence-corrected chi connectivity index (χ3v) is 6.44. The zero-order chi connectivity index (χ0) is 13.8. The van der Waals surface area contributed by atoms with Crippen molar-refractivity contribution in [1.29, 1.82) is 0 Å². The molecule has 0 amide bonds. The van der Waals surface area contributed by atoms with Crippen LogP contribution in [0.1, 0.15) is 2.85 Å². The molecular weight excluding hydrogens is 309 g/mol. The van der Waals surface area contributed by atoms with Gasteiger partial charge in [-0.2, -0.15) is 0 Å². The van der Waals surface area contributed by atoms with Gasteiger partial charge in [-0.15, -0.1) is 0 Å². The van der Waals surface area contributed by atoms with Gasteiger partial charge in [0.05, 0.1) is 0 Å². The second kappa shape index (κ2) is 9.25. The summed E-state index contributed by atoms with van der Waals surface area (Å²) in [7, 11) is -2.78. The van der Waals surface area contributed by atoms with Gasteiger partial charge in [-0.25, -0.2) is 0 Å². The Morgan fingerprint density at radius 3 is 0.955 bits per heavy atom. The van der Waals surface area contributed by atoms with Crippen LogP contribution in [0.15, 0.2) is 91.0 Å². The summed E-state index contributed by atoms with van der Waals surface area (Å²) in [6.45, 7) is 0. The summed E-state index contributed by atoms with van der Waals surface area (Å²) >= 11 is 0. The summed E-state index contributed by atoms with van der Waals surface area (Å²) in [5, 5.41) is 2.62. The van der Waals surface area contributed by atoms with Crippen molar-refractivity contribution in [2.75, 3.05) is 0 Å². The van der Waals surface area contributed by atoms with E-state index in [4.69, 9.17) is 0 Å². The Morgan fingerprint density at radius 2 is 0.727 bits per heavy atom. The van der Waals surface area contributed by atoms with Crippen molar-refractivity contribution >= 4 is 23.1 Å². The van der Waals surface area contributed by atoms with Crippen molar-refractivity contribution < 1.29 is 66.5 Å². The molecule has 102 valence electrons. The van der Waals surface area contributed by atoms with E-state index in [1.807, 2.05) is 91.0 Å². The first kappa shape index (κ1) is 19.9. The molecule has 0 saturated heterocycles. The topological polar surface area (TPSA) is 17.1 Å². The third kappa shape index (κ3) is 4.04. The zero-order valence-corrected chi connectivity index (χ0v) is 17.9. The maximum atomic E-state index is 13.8. The van der Waals surface area contributed by atoms with Crippen molar-refractivity contribution in [3.05, 3.63) is 91.0 Å². The summed E-state index contributed by atoms with van der Waals surface area (Å²) < 4.78 is 13.8. The van der Waals surface area contributed by atoms with Crippen LogP contribution in [-0.2, 0) is 4.57 Å². The van der Waals surface area contributed by atoms with Gasteiger partial charge in [0.2, 0.25) is 0 Å². The first-order chi connectivity index (χ1) is 9.82. The third-order valence-electron chi connectivity index (χ3n) is 3.36. The smallest absolute Gasteiger partial charge is 1.00 e. The predicted octanol–water partition coefficient (Wildman–Crippen LogP) is -2.44. The van der Waals surface area contributed by atoms with Crippen molar-refractivity contribution in [1.82, 2.24) is 0 Å². The standard InChI is InChI=1S/C18H15OP.2Na.2H/c19-20(16-10-4-1-5-11-16,17-12-6-2-7-13-17)18-14-8-3-9-15-18;;;;/h1-15H;;;;/q;2*+1;2*-1. The predicted molar refractivity (Wildman–Crippen MR) is 88.1 cm³/mol. The van der Waals surface area contributed by atoms with Gasteiger partial charge in [-0.3, -0.25) is 0 Å². The van der Waals surface area contributed by atoms with Gasteiger partial charge in [0, 0.05) is 15.9 Å². The van der Waals surface area contributed by atoms with Gasteiger partial charge in [0.1, 0.15) is 0 Å². The average molecular weight is 326 g/mol. The number of rotatable bonds is 3. The van der Waals surface area contributed by atoms with E-state index in [1.165, 1.54) is 0 Å². The molecule has 1 nitrogen and oxygen atoms in total. The van der Waals surface area contributed by atoms with E-state index in [-0.39, 0.29) is 62.0 Å². The molecule has 0 spiro atoms. The van der Waals surface area contributed by atoms with Crippen LogP contribution in [0.25, 0.3) is 0 Å². The molecule has 0 aliphatic carbocycles. The molecule has 0 aliphatic heterocycles. The van der Waals surface area contributed by atoms with Crippen molar-refractivity contribution in [3.8, 4) is 0 Å². The van der Waals surface area contributed by atoms with Gasteiger partial charge < -0.3 is 7.42 Å². The summed E-state index contributed by atoms with van der Waals surface area (Å²) in [5.41, 5.74) is 0. The molecule has 0 fully saturated rings. The molecule has 0 unspecified atom stereocenters. The maximum absolute atomic E-state index is 13.8. The summed E-state index contributed by atoms with van der Waals surface area (Å²) in [4.78, 5) is 0. The fourth-order valence-electron chi connectivity index (χ4n) is 2.36. The molecule has 3 rings (SSSR count). The van der Waals surface area contributed by atoms with Crippen LogP contribution in [0.2, 0.25) is 0 Å². The summed E-state index contributed by atoms with van der Waals surface area (Å²) in [6.07, 6.45) is 0. The average Bonchev–Trinajstić information content (AvgIpc) is 2.56. The van der Waals surface area contributed by atoms with Gasteiger partial charge in [0.15, 0.2) is 7.14 Å². The van der Waals surface area contributed by atoms with Crippen molar-refractivity contribution in [3.63, 3.8) is 0 Å². The minimum Gasteiger partial charge on any atom is -1.00 e. The van der Waals surface area contributed by atoms with E-state index >= 15 is 0 Å². The molecule has 0 aromatic heterocycles. The quantitative estimate of drug-likeness (QED) is 0.386. The van der Waals surface area contributed by atoms with E-state index in [1.54, 1.807) is 0 Å². The molecule has 0 radical (unpaired) electrons. The molecule has 0 aliphatic rings. The summed E-state index contributed by atoms with van der Waals surface area (Å²) in [5.74, 6) is 0. The fourth-order valence-corrected chi connectivity index (χ4v) is 5.03. The summed E-state index contributed by atoms with van der Waals surface area (Å²) in [6, 6.07) is 29.1. The Balaban J connectivity index is 0. The molecule has 0 saturated carbocycles. The molecule has 22 heavy (non-hydrogen) atoms. The van der Waals surface area contributed by atoms with Crippen LogP contribution in [0, 0.1) is 0 Å². The molecule has 4 heteroatoms. The van der Waals surface area contributed by atoms with Gasteiger partial charge >= 0.3 is 59.1 Å². The molecule has 0 bridgehead atoms. The molecule has 0 N–H and O–H groups in total. The van der Waals surface area contributed by atoms with Gasteiger partial charge in [-0.1, -0.05) is 91.0 Å². The fraction of sp³-hybridized carbons (Fsp3) is 0. The van der Waals surface area contributed by atoms with Gasteiger partial charge in [0.25, 0.3) is 0 Å². The zero-order valence-electron chi connectivity index (χ0n) is 15.0. The van der Waals surface area contributed by atoms with E-state index in [2.05, 4.69) is 0 Å². The van der Waals surface area contributed by atoms with Crippen molar-refractivity contribution in [2.45, 2.75) is 0 Å². The first-order valence-corrected chi connectivity index (χ1v) is 8.29. The second-order valence-corrected chi connectivity index (χ2v) is 7.38. The van der Waals surface area contributed by atoms with Crippen LogP contribution < -0.4 is 75.0 Å². The molecule has 0 heterocycles. The minimum absolute atomic E-state index is 0. The number of hydrogen-bond acceptors (Lipinski definition) is 1. The van der Waals surface area contributed by atoms with Crippen LogP contribution in [0.5, 0.6) is 0 Å². The van der Waals surface area contributed by atoms with E-state index < -0.39 is 7.14 Å². The Hall–Kier alpha value is -0.110. The SMILES string of the molecule is O=P(c1ccccc1)(c1ccccc1)c1ccccc1.[H-].[H-].[Na+].[Na+]. The molecule has 0 atom stereocenters. The number of benzene rings is 3. The molecule has 3 aromatic rings. The van der Waals surface area contributed by atoms with Gasteiger partial charge in [-0.05, 0) is 0 Å². The van der Waals surface area contributed by atoms with E-state index in [9.17, 15) is 4.57 Å². The van der Waals surface area contributed by atoms with Crippen LogP contribution in [0.4, 0.5) is 0 Å². The Morgan fingerprint density at radius 1 is 0.500 bits per heavy atom. The van der Waals surface area contributed by atoms with Crippen LogP contribution in [-0.4, -0.2) is 0 Å². The Bertz CT molecular complexity index is 637. The minimum atomic E-state index is -2.78. The number of hydrogen-bond donors (Lipinski definition) is 0. The molecular formula is C18H17Na2OP.